The third-order valence-corrected chi connectivity index (χ3v) is 3.31. The number of aromatic amines is 1. The van der Waals surface area contributed by atoms with Crippen molar-refractivity contribution >= 4 is 29.3 Å². The van der Waals surface area contributed by atoms with Crippen LogP contribution >= 0.6 is 11.8 Å². The van der Waals surface area contributed by atoms with Crippen LogP contribution in [0.5, 0.6) is 0 Å². The highest BCUT2D eigenvalue weighted by Crippen LogP contribution is 2.14. The van der Waals surface area contributed by atoms with Gasteiger partial charge in [-0.1, -0.05) is 30.8 Å². The van der Waals surface area contributed by atoms with Crippen molar-refractivity contribution in [3.05, 3.63) is 29.8 Å². The lowest BCUT2D eigenvalue weighted by molar-refractivity contribution is -0.113. The number of nitrogens with one attached hydrogen (secondary N) is 2. The first kappa shape index (κ1) is 13.4. The first-order chi connectivity index (χ1) is 9.17. The van der Waals surface area contributed by atoms with Crippen molar-refractivity contribution in [2.45, 2.75) is 18.5 Å². The molecule has 0 saturated heterocycles. The molecular weight excluding hydrogens is 262 g/mol. The molecule has 4 N–H and O–H groups in total. The Hall–Kier alpha value is -2.02. The lowest BCUT2D eigenvalue weighted by Gasteiger charge is -2.04. The molecule has 19 heavy (non-hydrogen) atoms. The van der Waals surface area contributed by atoms with Gasteiger partial charge in [0.2, 0.25) is 17.0 Å². The summed E-state index contributed by atoms with van der Waals surface area (Å²) < 4.78 is 0. The molecule has 1 heterocycles. The molecule has 1 amide bonds. The SMILES string of the molecule is CCc1ccc(NC(=O)CSc2n[nH]c(N)n2)cc1. The molecule has 0 unspecified atom stereocenters. The lowest BCUT2D eigenvalue weighted by atomic mass is 10.1. The standard InChI is InChI=1S/C12H15N5OS/c1-2-8-3-5-9(6-4-8)14-10(18)7-19-12-15-11(13)16-17-12/h3-6H,2,7H2,1H3,(H,14,18)(H3,13,15,16,17). The molecule has 6 nitrogen and oxygen atoms in total. The minimum absolute atomic E-state index is 0.0994. The van der Waals surface area contributed by atoms with E-state index in [-0.39, 0.29) is 17.6 Å². The summed E-state index contributed by atoms with van der Waals surface area (Å²) in [7, 11) is 0. The highest BCUT2D eigenvalue weighted by molar-refractivity contribution is 7.99. The summed E-state index contributed by atoms with van der Waals surface area (Å²) in [4.78, 5) is 15.6. The predicted octanol–water partition coefficient (Wildman–Crippen LogP) is 1.68. The van der Waals surface area contributed by atoms with E-state index in [0.29, 0.717) is 5.16 Å². The number of thioether (sulfide) groups is 1. The molecule has 0 fully saturated rings. The van der Waals surface area contributed by atoms with Gasteiger partial charge in [0.15, 0.2) is 0 Å². The normalized spacial score (nSPS) is 10.4. The van der Waals surface area contributed by atoms with Crippen LogP contribution < -0.4 is 11.1 Å². The number of aryl methyl sites for hydroxylation is 1. The fourth-order valence-electron chi connectivity index (χ4n) is 1.47. The molecule has 0 atom stereocenters. The molecule has 0 aliphatic heterocycles. The summed E-state index contributed by atoms with van der Waals surface area (Å²) in [6.07, 6.45) is 0.982. The Morgan fingerprint density at radius 3 is 2.74 bits per heavy atom. The Bertz CT molecular complexity index is 552. The number of nitrogens with zero attached hydrogens (tertiary/aromatic N) is 2. The molecule has 0 bridgehead atoms. The molecule has 1 aromatic heterocycles. The molecule has 0 saturated carbocycles. The lowest BCUT2D eigenvalue weighted by Crippen LogP contribution is -2.14. The first-order valence-corrected chi connectivity index (χ1v) is 6.85. The second-order valence-corrected chi connectivity index (χ2v) is 4.83. The minimum Gasteiger partial charge on any atom is -0.368 e. The van der Waals surface area contributed by atoms with Crippen LogP contribution in [0.4, 0.5) is 11.6 Å². The number of nitrogen functional groups attached to an aromatic ring is 1. The second kappa shape index (κ2) is 6.24. The van der Waals surface area contributed by atoms with Gasteiger partial charge >= 0.3 is 0 Å². The van der Waals surface area contributed by atoms with Crippen molar-refractivity contribution < 1.29 is 4.79 Å². The van der Waals surface area contributed by atoms with Crippen LogP contribution in [0.15, 0.2) is 29.4 Å². The van der Waals surface area contributed by atoms with Gasteiger partial charge in [-0.25, -0.2) is 5.10 Å². The van der Waals surface area contributed by atoms with E-state index in [1.807, 2.05) is 24.3 Å². The van der Waals surface area contributed by atoms with Gasteiger partial charge in [0.05, 0.1) is 5.75 Å². The number of benzene rings is 1. The van der Waals surface area contributed by atoms with Gasteiger partial charge in [0, 0.05) is 5.69 Å². The topological polar surface area (TPSA) is 96.7 Å². The summed E-state index contributed by atoms with van der Waals surface area (Å²) in [6, 6.07) is 7.79. The number of rotatable bonds is 5. The maximum atomic E-state index is 11.7. The van der Waals surface area contributed by atoms with Gasteiger partial charge in [-0.3, -0.25) is 4.79 Å². The van der Waals surface area contributed by atoms with Gasteiger partial charge in [-0.05, 0) is 24.1 Å². The number of H-pyrrole nitrogens is 1. The Kier molecular flexibility index (Phi) is 4.40. The van der Waals surface area contributed by atoms with Gasteiger partial charge in [-0.2, -0.15) is 4.98 Å². The average Bonchev–Trinajstić information content (AvgIpc) is 2.83. The number of amides is 1. The molecule has 2 aromatic rings. The molecule has 2 rings (SSSR count). The van der Waals surface area contributed by atoms with E-state index in [0.717, 1.165) is 12.1 Å². The summed E-state index contributed by atoms with van der Waals surface area (Å²) in [6.45, 7) is 2.09. The van der Waals surface area contributed by atoms with Crippen LogP contribution in [0.3, 0.4) is 0 Å². The maximum absolute atomic E-state index is 11.7. The largest absolute Gasteiger partial charge is 0.368 e. The third-order valence-electron chi connectivity index (χ3n) is 2.46. The van der Waals surface area contributed by atoms with E-state index in [2.05, 4.69) is 27.4 Å². The molecule has 7 heteroatoms. The van der Waals surface area contributed by atoms with Crippen LogP contribution in [0, 0.1) is 0 Å². The van der Waals surface area contributed by atoms with E-state index in [4.69, 9.17) is 5.73 Å². The van der Waals surface area contributed by atoms with Gasteiger partial charge < -0.3 is 11.1 Å². The Morgan fingerprint density at radius 2 is 2.16 bits per heavy atom. The van der Waals surface area contributed by atoms with Crippen molar-refractivity contribution in [3.63, 3.8) is 0 Å². The highest BCUT2D eigenvalue weighted by Gasteiger charge is 2.06. The number of carbonyl (C=O) groups excluding carboxylic acids is 1. The molecular formula is C12H15N5OS. The van der Waals surface area contributed by atoms with Crippen molar-refractivity contribution in [1.82, 2.24) is 15.2 Å². The van der Waals surface area contributed by atoms with Crippen LogP contribution in [0.2, 0.25) is 0 Å². The van der Waals surface area contributed by atoms with E-state index < -0.39 is 0 Å². The van der Waals surface area contributed by atoms with Gasteiger partial charge in [0.25, 0.3) is 0 Å². The second-order valence-electron chi connectivity index (χ2n) is 3.89. The van der Waals surface area contributed by atoms with Crippen molar-refractivity contribution in [1.29, 1.82) is 0 Å². The fraction of sp³-hybridized carbons (Fsp3) is 0.250. The smallest absolute Gasteiger partial charge is 0.234 e. The summed E-state index contributed by atoms with van der Waals surface area (Å²) in [5.74, 6) is 0.392. The van der Waals surface area contributed by atoms with Gasteiger partial charge in [0.1, 0.15) is 0 Å². The first-order valence-electron chi connectivity index (χ1n) is 5.87. The number of hydrogen-bond donors (Lipinski definition) is 3. The van der Waals surface area contributed by atoms with E-state index in [1.54, 1.807) is 0 Å². The molecule has 1 aromatic carbocycles. The fourth-order valence-corrected chi connectivity index (χ4v) is 2.08. The molecule has 0 aliphatic rings. The van der Waals surface area contributed by atoms with Crippen LogP contribution in [-0.2, 0) is 11.2 Å². The number of carbonyl (C=O) groups is 1. The van der Waals surface area contributed by atoms with Crippen molar-refractivity contribution in [3.8, 4) is 0 Å². The van der Waals surface area contributed by atoms with E-state index in [1.165, 1.54) is 17.3 Å². The summed E-state index contributed by atoms with van der Waals surface area (Å²) in [5, 5.41) is 9.64. The number of aromatic nitrogens is 3. The quantitative estimate of drug-likeness (QED) is 0.722. The molecule has 0 spiro atoms. The van der Waals surface area contributed by atoms with E-state index >= 15 is 0 Å². The summed E-state index contributed by atoms with van der Waals surface area (Å²) in [5.41, 5.74) is 7.42. The zero-order valence-electron chi connectivity index (χ0n) is 10.5. The molecule has 0 radical (unpaired) electrons. The highest BCUT2D eigenvalue weighted by atomic mass is 32.2. The number of nitrogens with two attached hydrogens (primary N) is 1. The zero-order chi connectivity index (χ0) is 13.7. The molecule has 100 valence electrons. The minimum atomic E-state index is -0.0994. The monoisotopic (exact) mass is 277 g/mol. The van der Waals surface area contributed by atoms with Gasteiger partial charge in [-0.15, -0.1) is 5.10 Å². The van der Waals surface area contributed by atoms with Crippen LogP contribution in [-0.4, -0.2) is 26.8 Å². The Labute approximate surface area is 115 Å². The van der Waals surface area contributed by atoms with Crippen molar-refractivity contribution in [2.75, 3.05) is 16.8 Å². The van der Waals surface area contributed by atoms with Crippen LogP contribution in [0.25, 0.3) is 0 Å². The Morgan fingerprint density at radius 1 is 1.42 bits per heavy atom. The summed E-state index contributed by atoms with van der Waals surface area (Å²) >= 11 is 1.23. The average molecular weight is 277 g/mol. The van der Waals surface area contributed by atoms with Crippen molar-refractivity contribution in [2.24, 2.45) is 0 Å². The third kappa shape index (κ3) is 3.99. The Balaban J connectivity index is 1.83. The number of anilines is 2. The zero-order valence-corrected chi connectivity index (χ0v) is 11.3. The number of hydrogen-bond acceptors (Lipinski definition) is 5. The van der Waals surface area contributed by atoms with E-state index in [9.17, 15) is 4.79 Å². The molecule has 0 aliphatic carbocycles. The van der Waals surface area contributed by atoms with Crippen LogP contribution in [0.1, 0.15) is 12.5 Å². The maximum Gasteiger partial charge on any atom is 0.234 e. The predicted molar refractivity (Wildman–Crippen MR) is 76.0 cm³/mol.